The molecule has 1 atom stereocenters. The first-order valence-electron chi connectivity index (χ1n) is 11.5. The molecular weight excluding hydrogens is 420 g/mol. The number of amides is 1. The standard InChI is InChI=1S/C26H32N2O3S/c1-4-21-17-22(26(32-21)27-25(29)23-7-6-16-31-23)24(28-14-12-18(3)13-15-28)19-8-10-20(11-9-19)30-5-2/h6-11,16-18,24H,4-5,12-15H2,1-3H3,(H,27,29). The predicted molar refractivity (Wildman–Crippen MR) is 130 cm³/mol. The highest BCUT2D eigenvalue weighted by molar-refractivity contribution is 7.16. The van der Waals surface area contributed by atoms with Gasteiger partial charge in [0, 0.05) is 10.4 Å². The molecule has 0 saturated carbocycles. The van der Waals surface area contributed by atoms with Crippen molar-refractivity contribution in [2.75, 3.05) is 25.0 Å². The summed E-state index contributed by atoms with van der Waals surface area (Å²) in [6.07, 6.45) is 4.83. The van der Waals surface area contributed by atoms with E-state index in [9.17, 15) is 4.79 Å². The smallest absolute Gasteiger partial charge is 0.291 e. The number of hydrogen-bond donors (Lipinski definition) is 1. The van der Waals surface area contributed by atoms with Gasteiger partial charge in [0.05, 0.1) is 18.9 Å². The maximum atomic E-state index is 12.8. The normalized spacial score (nSPS) is 16.1. The molecule has 1 saturated heterocycles. The van der Waals surface area contributed by atoms with E-state index < -0.39 is 0 Å². The zero-order valence-corrected chi connectivity index (χ0v) is 19.9. The molecule has 0 radical (unpaired) electrons. The van der Waals surface area contributed by atoms with Crippen LogP contribution in [0.4, 0.5) is 5.00 Å². The minimum atomic E-state index is -0.210. The third-order valence-corrected chi connectivity index (χ3v) is 7.33. The first kappa shape index (κ1) is 22.6. The molecule has 0 bridgehead atoms. The zero-order chi connectivity index (χ0) is 22.5. The molecule has 32 heavy (non-hydrogen) atoms. The number of aryl methyl sites for hydroxylation is 1. The second-order valence-electron chi connectivity index (χ2n) is 8.41. The van der Waals surface area contributed by atoms with E-state index in [1.807, 2.05) is 19.1 Å². The van der Waals surface area contributed by atoms with E-state index in [0.717, 1.165) is 41.7 Å². The van der Waals surface area contributed by atoms with Crippen LogP contribution in [0.15, 0.2) is 53.1 Å². The molecule has 3 aromatic rings. The maximum Gasteiger partial charge on any atom is 0.291 e. The van der Waals surface area contributed by atoms with Crippen LogP contribution in [0.3, 0.4) is 0 Å². The number of furan rings is 1. The molecule has 1 aromatic carbocycles. The Bertz CT molecular complexity index is 1000. The molecule has 2 aromatic heterocycles. The van der Waals surface area contributed by atoms with E-state index in [0.29, 0.717) is 12.4 Å². The number of carbonyl (C=O) groups excluding carboxylic acids is 1. The van der Waals surface area contributed by atoms with E-state index in [-0.39, 0.29) is 11.9 Å². The van der Waals surface area contributed by atoms with E-state index in [2.05, 4.69) is 42.3 Å². The quantitative estimate of drug-likeness (QED) is 0.431. The molecule has 1 aliphatic heterocycles. The Balaban J connectivity index is 1.71. The second-order valence-corrected chi connectivity index (χ2v) is 9.54. The summed E-state index contributed by atoms with van der Waals surface area (Å²) in [6, 6.07) is 14.2. The minimum absolute atomic E-state index is 0.0848. The topological polar surface area (TPSA) is 54.7 Å². The third-order valence-electron chi connectivity index (χ3n) is 6.12. The van der Waals surface area contributed by atoms with Crippen molar-refractivity contribution < 1.29 is 13.9 Å². The van der Waals surface area contributed by atoms with Gasteiger partial charge in [-0.15, -0.1) is 11.3 Å². The van der Waals surface area contributed by atoms with Crippen molar-refractivity contribution in [2.45, 2.75) is 46.1 Å². The Morgan fingerprint density at radius 2 is 1.97 bits per heavy atom. The molecule has 6 heteroatoms. The number of anilines is 1. The largest absolute Gasteiger partial charge is 0.494 e. The lowest BCUT2D eigenvalue weighted by Gasteiger charge is -2.37. The molecule has 1 unspecified atom stereocenters. The van der Waals surface area contributed by atoms with E-state index in [1.165, 1.54) is 29.5 Å². The number of nitrogens with one attached hydrogen (secondary N) is 1. The third kappa shape index (κ3) is 5.08. The van der Waals surface area contributed by atoms with E-state index in [4.69, 9.17) is 9.15 Å². The molecule has 5 nitrogen and oxygen atoms in total. The fourth-order valence-corrected chi connectivity index (χ4v) is 5.32. The van der Waals surface area contributed by atoms with Gasteiger partial charge in [0.1, 0.15) is 10.8 Å². The summed E-state index contributed by atoms with van der Waals surface area (Å²) in [7, 11) is 0. The van der Waals surface area contributed by atoms with Gasteiger partial charge >= 0.3 is 0 Å². The summed E-state index contributed by atoms with van der Waals surface area (Å²) in [5, 5.41) is 4.04. The highest BCUT2D eigenvalue weighted by Gasteiger charge is 2.30. The molecule has 0 spiro atoms. The molecule has 1 N–H and O–H groups in total. The molecular formula is C26H32N2O3S. The average Bonchev–Trinajstić information content (AvgIpc) is 3.47. The van der Waals surface area contributed by atoms with Gasteiger partial charge in [-0.25, -0.2) is 0 Å². The molecule has 1 fully saturated rings. The van der Waals surface area contributed by atoms with Crippen molar-refractivity contribution in [2.24, 2.45) is 5.92 Å². The Labute approximate surface area is 194 Å². The SMILES string of the molecule is CCOc1ccc(C(c2cc(CC)sc2NC(=O)c2ccco2)N2CCC(C)CC2)cc1. The van der Waals surface area contributed by atoms with Crippen LogP contribution in [0.1, 0.15) is 66.2 Å². The summed E-state index contributed by atoms with van der Waals surface area (Å²) in [4.78, 5) is 16.6. The molecule has 170 valence electrons. The fraction of sp³-hybridized carbons (Fsp3) is 0.423. The van der Waals surface area contributed by atoms with Crippen molar-refractivity contribution in [3.05, 3.63) is 70.5 Å². The van der Waals surface area contributed by atoms with Gasteiger partial charge < -0.3 is 14.5 Å². The number of likely N-dealkylation sites (tertiary alicyclic amines) is 1. The first-order valence-corrected chi connectivity index (χ1v) is 12.3. The number of piperidine rings is 1. The van der Waals surface area contributed by atoms with Crippen molar-refractivity contribution in [3.8, 4) is 5.75 Å². The number of rotatable bonds is 8. The molecule has 1 amide bonds. The van der Waals surface area contributed by atoms with Crippen LogP contribution in [-0.2, 0) is 6.42 Å². The Morgan fingerprint density at radius 3 is 2.59 bits per heavy atom. The lowest BCUT2D eigenvalue weighted by molar-refractivity contribution is 0.0996. The van der Waals surface area contributed by atoms with Gasteiger partial charge in [0.15, 0.2) is 5.76 Å². The summed E-state index contributed by atoms with van der Waals surface area (Å²) >= 11 is 1.66. The van der Waals surface area contributed by atoms with Gasteiger partial charge in [0.25, 0.3) is 5.91 Å². The van der Waals surface area contributed by atoms with Crippen LogP contribution < -0.4 is 10.1 Å². The van der Waals surface area contributed by atoms with Gasteiger partial charge in [-0.1, -0.05) is 26.0 Å². The lowest BCUT2D eigenvalue weighted by Crippen LogP contribution is -2.37. The second kappa shape index (κ2) is 10.4. The highest BCUT2D eigenvalue weighted by atomic mass is 32.1. The summed E-state index contributed by atoms with van der Waals surface area (Å²) in [5.41, 5.74) is 2.38. The van der Waals surface area contributed by atoms with Gasteiger partial charge in [-0.05, 0) is 81.1 Å². The van der Waals surface area contributed by atoms with E-state index >= 15 is 0 Å². The number of ether oxygens (including phenoxy) is 1. The zero-order valence-electron chi connectivity index (χ0n) is 19.1. The predicted octanol–water partition coefficient (Wildman–Crippen LogP) is 6.38. The van der Waals surface area contributed by atoms with E-state index in [1.54, 1.807) is 23.5 Å². The van der Waals surface area contributed by atoms with Crippen molar-refractivity contribution in [3.63, 3.8) is 0 Å². The van der Waals surface area contributed by atoms with Crippen molar-refractivity contribution in [1.29, 1.82) is 0 Å². The average molecular weight is 453 g/mol. The Morgan fingerprint density at radius 1 is 1.22 bits per heavy atom. The minimum Gasteiger partial charge on any atom is -0.494 e. The highest BCUT2D eigenvalue weighted by Crippen LogP contribution is 2.41. The fourth-order valence-electron chi connectivity index (χ4n) is 4.29. The van der Waals surface area contributed by atoms with Crippen molar-refractivity contribution in [1.82, 2.24) is 4.90 Å². The molecule has 1 aliphatic rings. The summed E-state index contributed by atoms with van der Waals surface area (Å²) in [6.45, 7) is 9.22. The van der Waals surface area contributed by atoms with Gasteiger partial charge in [0.2, 0.25) is 0 Å². The lowest BCUT2D eigenvalue weighted by atomic mass is 9.92. The summed E-state index contributed by atoms with van der Waals surface area (Å²) in [5.74, 6) is 1.75. The number of nitrogens with zero attached hydrogens (tertiary/aromatic N) is 1. The van der Waals surface area contributed by atoms with Gasteiger partial charge in [-0.3, -0.25) is 9.69 Å². The number of benzene rings is 1. The van der Waals surface area contributed by atoms with Crippen LogP contribution >= 0.6 is 11.3 Å². The van der Waals surface area contributed by atoms with Crippen LogP contribution in [0.25, 0.3) is 0 Å². The van der Waals surface area contributed by atoms with Crippen LogP contribution in [-0.4, -0.2) is 30.5 Å². The monoisotopic (exact) mass is 452 g/mol. The number of thiophene rings is 1. The molecule has 3 heterocycles. The van der Waals surface area contributed by atoms with Gasteiger partial charge in [-0.2, -0.15) is 0 Å². The first-order chi connectivity index (χ1) is 15.6. The molecule has 4 rings (SSSR count). The Hall–Kier alpha value is -2.57. The number of carbonyl (C=O) groups is 1. The van der Waals surface area contributed by atoms with Crippen LogP contribution in [0, 0.1) is 5.92 Å². The van der Waals surface area contributed by atoms with Crippen LogP contribution in [0.2, 0.25) is 0 Å². The maximum absolute atomic E-state index is 12.8. The van der Waals surface area contributed by atoms with Crippen LogP contribution in [0.5, 0.6) is 5.75 Å². The molecule has 0 aliphatic carbocycles. The Kier molecular flexibility index (Phi) is 7.33. The number of hydrogen-bond acceptors (Lipinski definition) is 5. The van der Waals surface area contributed by atoms with Crippen molar-refractivity contribution >= 4 is 22.2 Å². The summed E-state index contributed by atoms with van der Waals surface area (Å²) < 4.78 is 11.0.